The molecule has 2 aliphatic rings. The number of nitrogens with zero attached hydrogens (tertiary/aromatic N) is 3. The summed E-state index contributed by atoms with van der Waals surface area (Å²) in [5, 5.41) is 2.12. The summed E-state index contributed by atoms with van der Waals surface area (Å²) in [6.07, 6.45) is 1.85. The normalized spacial score (nSPS) is 20.8. The zero-order chi connectivity index (χ0) is 21.1. The molecule has 0 bridgehead atoms. The summed E-state index contributed by atoms with van der Waals surface area (Å²) < 4.78 is 27.0. The largest absolute Gasteiger partial charge is 0.334 e. The zero-order valence-corrected chi connectivity index (χ0v) is 19.0. The van der Waals surface area contributed by atoms with Crippen molar-refractivity contribution in [3.63, 3.8) is 0 Å². The van der Waals surface area contributed by atoms with Crippen molar-refractivity contribution in [2.45, 2.75) is 31.6 Å². The van der Waals surface area contributed by atoms with E-state index in [1.807, 2.05) is 35.2 Å². The second-order valence-corrected chi connectivity index (χ2v) is 10.9. The van der Waals surface area contributed by atoms with Crippen LogP contribution >= 0.6 is 11.3 Å². The van der Waals surface area contributed by atoms with Crippen LogP contribution in [0.4, 0.5) is 0 Å². The van der Waals surface area contributed by atoms with Crippen molar-refractivity contribution in [3.05, 3.63) is 57.8 Å². The highest BCUT2D eigenvalue weighted by Gasteiger charge is 2.33. The molecular formula is C22H29N3O3S2. The van der Waals surface area contributed by atoms with Crippen LogP contribution in [0.1, 0.15) is 35.4 Å². The number of hydrogen-bond acceptors (Lipinski definition) is 5. The van der Waals surface area contributed by atoms with E-state index in [1.54, 1.807) is 15.6 Å². The van der Waals surface area contributed by atoms with Gasteiger partial charge in [0.1, 0.15) is 0 Å². The van der Waals surface area contributed by atoms with Gasteiger partial charge in [0.2, 0.25) is 15.9 Å². The summed E-state index contributed by atoms with van der Waals surface area (Å²) in [5.74, 6) is 0.182. The van der Waals surface area contributed by atoms with Crippen LogP contribution in [0.3, 0.4) is 0 Å². The minimum Gasteiger partial charge on any atom is -0.334 e. The van der Waals surface area contributed by atoms with Gasteiger partial charge in [0.15, 0.2) is 0 Å². The van der Waals surface area contributed by atoms with Crippen molar-refractivity contribution in [1.82, 2.24) is 14.1 Å². The summed E-state index contributed by atoms with van der Waals surface area (Å²) in [6.45, 7) is 5.33. The van der Waals surface area contributed by atoms with E-state index in [2.05, 4.69) is 23.3 Å². The lowest BCUT2D eigenvalue weighted by molar-refractivity contribution is -0.135. The number of benzene rings is 1. The Morgan fingerprint density at radius 1 is 1.07 bits per heavy atom. The van der Waals surface area contributed by atoms with E-state index in [1.165, 1.54) is 10.4 Å². The third-order valence-corrected chi connectivity index (χ3v) is 8.92. The molecule has 2 aromatic rings. The van der Waals surface area contributed by atoms with Crippen molar-refractivity contribution in [2.75, 3.05) is 39.3 Å². The Morgan fingerprint density at radius 2 is 1.80 bits per heavy atom. The number of piperazine rings is 1. The van der Waals surface area contributed by atoms with E-state index in [-0.39, 0.29) is 17.7 Å². The Kier molecular flexibility index (Phi) is 6.57. The Balaban J connectivity index is 1.32. The molecule has 0 saturated carbocycles. The average Bonchev–Trinajstić information content (AvgIpc) is 3.22. The molecule has 1 aromatic carbocycles. The van der Waals surface area contributed by atoms with Gasteiger partial charge >= 0.3 is 0 Å². The summed E-state index contributed by atoms with van der Waals surface area (Å²) >= 11 is 1.79. The van der Waals surface area contributed by atoms with Crippen molar-refractivity contribution >= 4 is 27.3 Å². The Morgan fingerprint density at radius 3 is 2.50 bits per heavy atom. The Hall–Kier alpha value is -1.74. The van der Waals surface area contributed by atoms with E-state index >= 15 is 0 Å². The first-order valence-electron chi connectivity index (χ1n) is 10.6. The van der Waals surface area contributed by atoms with E-state index in [0.717, 1.165) is 24.9 Å². The molecule has 6 nitrogen and oxygen atoms in total. The van der Waals surface area contributed by atoms with Gasteiger partial charge in [0.25, 0.3) is 0 Å². The summed E-state index contributed by atoms with van der Waals surface area (Å²) in [6, 6.07) is 11.6. The van der Waals surface area contributed by atoms with Gasteiger partial charge in [-0.1, -0.05) is 37.3 Å². The molecule has 0 N–H and O–H groups in total. The molecular weight excluding hydrogens is 418 g/mol. The van der Waals surface area contributed by atoms with Crippen LogP contribution in [-0.2, 0) is 27.0 Å². The van der Waals surface area contributed by atoms with Crippen molar-refractivity contribution in [3.8, 4) is 0 Å². The lowest BCUT2D eigenvalue weighted by atomic mass is 9.97. The molecule has 162 valence electrons. The van der Waals surface area contributed by atoms with Crippen LogP contribution in [0, 0.1) is 0 Å². The van der Waals surface area contributed by atoms with Gasteiger partial charge in [-0.15, -0.1) is 11.3 Å². The number of thiophene rings is 1. The molecule has 0 spiro atoms. The highest BCUT2D eigenvalue weighted by atomic mass is 32.2. The SMILES string of the molecule is CCC1c2ccsc2CCN1C(=O)CN1CCN(S(=O)(=O)Cc2ccccc2)CC1. The van der Waals surface area contributed by atoms with E-state index < -0.39 is 10.0 Å². The zero-order valence-electron chi connectivity index (χ0n) is 17.4. The monoisotopic (exact) mass is 447 g/mol. The summed E-state index contributed by atoms with van der Waals surface area (Å²) in [4.78, 5) is 18.6. The second-order valence-electron chi connectivity index (χ2n) is 7.98. The molecule has 1 aromatic heterocycles. The molecule has 0 aliphatic carbocycles. The van der Waals surface area contributed by atoms with E-state index in [9.17, 15) is 13.2 Å². The minimum absolute atomic E-state index is 0.0295. The number of rotatable bonds is 6. The fraction of sp³-hybridized carbons (Fsp3) is 0.500. The third-order valence-electron chi connectivity index (χ3n) is 6.08. The minimum atomic E-state index is -3.34. The molecule has 0 radical (unpaired) electrons. The maximum Gasteiger partial charge on any atom is 0.237 e. The second kappa shape index (κ2) is 9.18. The summed E-state index contributed by atoms with van der Waals surface area (Å²) in [5.41, 5.74) is 2.11. The lowest BCUT2D eigenvalue weighted by Gasteiger charge is -2.38. The van der Waals surface area contributed by atoms with Gasteiger partial charge in [-0.25, -0.2) is 8.42 Å². The predicted octanol–water partition coefficient (Wildman–Crippen LogP) is 2.73. The van der Waals surface area contributed by atoms with Gasteiger partial charge < -0.3 is 4.90 Å². The molecule has 1 atom stereocenters. The van der Waals surface area contributed by atoms with Gasteiger partial charge in [-0.05, 0) is 35.4 Å². The van der Waals surface area contributed by atoms with Gasteiger partial charge in [-0.2, -0.15) is 4.31 Å². The molecule has 1 fully saturated rings. The van der Waals surface area contributed by atoms with Crippen LogP contribution < -0.4 is 0 Å². The molecule has 1 saturated heterocycles. The maximum absolute atomic E-state index is 13.0. The van der Waals surface area contributed by atoms with Crippen LogP contribution in [0.2, 0.25) is 0 Å². The first-order chi connectivity index (χ1) is 14.5. The molecule has 1 amide bonds. The predicted molar refractivity (Wildman–Crippen MR) is 120 cm³/mol. The van der Waals surface area contributed by atoms with Crippen LogP contribution in [0.15, 0.2) is 41.8 Å². The molecule has 1 unspecified atom stereocenters. The number of carbonyl (C=O) groups is 1. The van der Waals surface area contributed by atoms with Crippen LogP contribution in [-0.4, -0.2) is 67.7 Å². The maximum atomic E-state index is 13.0. The molecule has 4 rings (SSSR count). The standard InChI is InChI=1S/C22H29N3O3S2/c1-2-20-19-9-15-29-21(19)8-10-25(20)22(26)16-23-11-13-24(14-12-23)30(27,28)17-18-6-4-3-5-7-18/h3-7,9,15,20H,2,8,10-14,16-17H2,1H3. The smallest absolute Gasteiger partial charge is 0.237 e. The lowest BCUT2D eigenvalue weighted by Crippen LogP contribution is -2.52. The third kappa shape index (κ3) is 4.61. The van der Waals surface area contributed by atoms with Crippen molar-refractivity contribution in [2.24, 2.45) is 0 Å². The number of fused-ring (bicyclic) bond motifs is 1. The first-order valence-corrected chi connectivity index (χ1v) is 13.1. The topological polar surface area (TPSA) is 60.9 Å². The van der Waals surface area contributed by atoms with E-state index in [0.29, 0.717) is 32.7 Å². The quantitative estimate of drug-likeness (QED) is 0.683. The molecule has 30 heavy (non-hydrogen) atoms. The average molecular weight is 448 g/mol. The number of hydrogen-bond donors (Lipinski definition) is 0. The Bertz CT molecular complexity index is 967. The van der Waals surface area contributed by atoms with Crippen molar-refractivity contribution < 1.29 is 13.2 Å². The van der Waals surface area contributed by atoms with Crippen LogP contribution in [0.5, 0.6) is 0 Å². The van der Waals surface area contributed by atoms with Gasteiger partial charge in [0, 0.05) is 37.6 Å². The number of carbonyl (C=O) groups excluding carboxylic acids is 1. The number of sulfonamides is 1. The van der Waals surface area contributed by atoms with Crippen molar-refractivity contribution in [1.29, 1.82) is 0 Å². The molecule has 3 heterocycles. The summed E-state index contributed by atoms with van der Waals surface area (Å²) in [7, 11) is -3.34. The van der Waals surface area contributed by atoms with Crippen LogP contribution in [0.25, 0.3) is 0 Å². The number of amides is 1. The van der Waals surface area contributed by atoms with Gasteiger partial charge in [-0.3, -0.25) is 9.69 Å². The van der Waals surface area contributed by atoms with E-state index in [4.69, 9.17) is 0 Å². The highest BCUT2D eigenvalue weighted by Crippen LogP contribution is 2.35. The highest BCUT2D eigenvalue weighted by molar-refractivity contribution is 7.88. The molecule has 8 heteroatoms. The molecule has 2 aliphatic heterocycles. The van der Waals surface area contributed by atoms with Gasteiger partial charge in [0.05, 0.1) is 18.3 Å². The first kappa shape index (κ1) is 21.5. The Labute approximate surface area is 183 Å². The fourth-order valence-corrected chi connectivity index (χ4v) is 6.90. The fourth-order valence-electron chi connectivity index (χ4n) is 4.46.